The molecule has 0 heterocycles. The van der Waals surface area contributed by atoms with E-state index >= 15 is 0 Å². The number of halogens is 13. The number of benzene rings is 2. The van der Waals surface area contributed by atoms with Gasteiger partial charge in [-0.2, -0.15) is 57.1 Å². The van der Waals surface area contributed by atoms with E-state index in [0.717, 1.165) is 19.3 Å². The van der Waals surface area contributed by atoms with E-state index < -0.39 is 65.1 Å². The third kappa shape index (κ3) is 9.15. The van der Waals surface area contributed by atoms with E-state index in [1.165, 1.54) is 12.2 Å². The lowest BCUT2D eigenvalue weighted by molar-refractivity contribution is -0.441. The summed E-state index contributed by atoms with van der Waals surface area (Å²) in [5.74, 6) is -38.3. The molecular formula is C32H29F13O4. The molecule has 0 aromatic heterocycles. The third-order valence-electron chi connectivity index (χ3n) is 6.89. The summed E-state index contributed by atoms with van der Waals surface area (Å²) in [7, 11) is 0. The number of carbonyl (C=O) groups is 2. The largest absolute Gasteiger partial charge is 0.494 e. The van der Waals surface area contributed by atoms with Crippen LogP contribution in [0, 0.1) is 0 Å². The van der Waals surface area contributed by atoms with E-state index in [9.17, 15) is 66.7 Å². The van der Waals surface area contributed by atoms with Gasteiger partial charge in [0, 0.05) is 23.1 Å². The number of rotatable bonds is 18. The van der Waals surface area contributed by atoms with Crippen molar-refractivity contribution >= 4 is 17.8 Å². The zero-order valence-corrected chi connectivity index (χ0v) is 25.5. The van der Waals surface area contributed by atoms with Crippen LogP contribution in [-0.2, 0) is 15.5 Å². The number of allylic oxidation sites excluding steroid dienone is 1. The van der Waals surface area contributed by atoms with E-state index in [1.54, 1.807) is 31.2 Å². The summed E-state index contributed by atoms with van der Waals surface area (Å²) in [4.78, 5) is 23.7. The summed E-state index contributed by atoms with van der Waals surface area (Å²) in [6.07, 6.45) is -2.00. The molecule has 0 N–H and O–H groups in total. The second kappa shape index (κ2) is 15.7. The van der Waals surface area contributed by atoms with Crippen molar-refractivity contribution in [1.82, 2.24) is 0 Å². The molecule has 2 rings (SSSR count). The molecule has 2 aromatic carbocycles. The first-order valence-corrected chi connectivity index (χ1v) is 14.2. The van der Waals surface area contributed by atoms with Gasteiger partial charge in [0.15, 0.2) is 5.78 Å². The van der Waals surface area contributed by atoms with E-state index in [0.29, 0.717) is 48.7 Å². The fourth-order valence-electron chi connectivity index (χ4n) is 3.95. The van der Waals surface area contributed by atoms with Crippen molar-refractivity contribution in [3.63, 3.8) is 0 Å². The van der Waals surface area contributed by atoms with Gasteiger partial charge in [-0.25, -0.2) is 4.79 Å². The van der Waals surface area contributed by atoms with Crippen molar-refractivity contribution in [3.8, 4) is 5.75 Å². The number of unbranched alkanes of at least 4 members (excludes halogenated alkanes) is 3. The van der Waals surface area contributed by atoms with Gasteiger partial charge in [0.2, 0.25) is 0 Å². The third-order valence-corrected chi connectivity index (χ3v) is 6.89. The zero-order chi connectivity index (χ0) is 37.5. The summed E-state index contributed by atoms with van der Waals surface area (Å²) in [5, 5.41) is 0. The van der Waals surface area contributed by atoms with Gasteiger partial charge in [0.05, 0.1) is 13.2 Å². The number of carbonyl (C=O) groups excluding carboxylic acids is 2. The Morgan fingerprint density at radius 3 is 1.69 bits per heavy atom. The first-order valence-electron chi connectivity index (χ1n) is 14.2. The van der Waals surface area contributed by atoms with Crippen LogP contribution in [0.25, 0.3) is 6.08 Å². The van der Waals surface area contributed by atoms with Crippen molar-refractivity contribution in [2.45, 2.75) is 74.8 Å². The van der Waals surface area contributed by atoms with Crippen LogP contribution >= 0.6 is 0 Å². The van der Waals surface area contributed by atoms with Crippen molar-refractivity contribution in [2.75, 3.05) is 13.2 Å². The Labute approximate surface area is 271 Å². The van der Waals surface area contributed by atoms with Crippen LogP contribution in [0.4, 0.5) is 57.1 Å². The minimum atomic E-state index is -7.99. The summed E-state index contributed by atoms with van der Waals surface area (Å²) in [5.41, 5.74) is -1.69. The summed E-state index contributed by atoms with van der Waals surface area (Å²) >= 11 is 0. The molecule has 17 heteroatoms. The average molecular weight is 725 g/mol. The predicted octanol–water partition coefficient (Wildman–Crippen LogP) is 10.2. The summed E-state index contributed by atoms with van der Waals surface area (Å²) in [6.45, 7) is 5.75. The van der Waals surface area contributed by atoms with Gasteiger partial charge in [-0.1, -0.05) is 55.1 Å². The lowest BCUT2D eigenvalue weighted by Crippen LogP contribution is -2.69. The first-order chi connectivity index (χ1) is 22.4. The molecule has 272 valence electrons. The van der Waals surface area contributed by atoms with Gasteiger partial charge < -0.3 is 9.47 Å². The predicted molar refractivity (Wildman–Crippen MR) is 150 cm³/mol. The minimum absolute atomic E-state index is 0.0541. The fourth-order valence-corrected chi connectivity index (χ4v) is 3.95. The van der Waals surface area contributed by atoms with Gasteiger partial charge >= 0.3 is 41.8 Å². The molecule has 0 fully saturated rings. The average Bonchev–Trinajstić information content (AvgIpc) is 3.01. The van der Waals surface area contributed by atoms with E-state index in [1.807, 2.05) is 0 Å². The zero-order valence-electron chi connectivity index (χ0n) is 25.5. The molecule has 4 nitrogen and oxygen atoms in total. The number of alkyl halides is 13. The Morgan fingerprint density at radius 2 is 1.18 bits per heavy atom. The second-order valence-corrected chi connectivity index (χ2v) is 10.7. The Kier molecular flexibility index (Phi) is 13.1. The van der Waals surface area contributed by atoms with E-state index in [4.69, 9.17) is 9.47 Å². The molecule has 0 atom stereocenters. The number of ketones is 1. The van der Waals surface area contributed by atoms with Crippen LogP contribution in [0.3, 0.4) is 0 Å². The maximum absolute atomic E-state index is 14.4. The summed E-state index contributed by atoms with van der Waals surface area (Å²) in [6, 6.07) is 7.29. The molecule has 49 heavy (non-hydrogen) atoms. The first kappa shape index (κ1) is 41.1. The van der Waals surface area contributed by atoms with Gasteiger partial charge in [0.25, 0.3) is 0 Å². The molecule has 0 aliphatic rings. The molecule has 0 radical (unpaired) electrons. The van der Waals surface area contributed by atoms with Crippen LogP contribution in [0.2, 0.25) is 0 Å². The highest BCUT2D eigenvalue weighted by atomic mass is 19.4. The smallest absolute Gasteiger partial charge is 0.460 e. The number of ether oxygens (including phenoxy) is 2. The molecular weight excluding hydrogens is 695 g/mol. The number of esters is 1. The lowest BCUT2D eigenvalue weighted by Gasteiger charge is -2.39. The maximum Gasteiger partial charge on any atom is 0.460 e. The molecule has 0 aliphatic heterocycles. The van der Waals surface area contributed by atoms with Gasteiger partial charge in [0.1, 0.15) is 5.75 Å². The second-order valence-electron chi connectivity index (χ2n) is 10.7. The van der Waals surface area contributed by atoms with Crippen molar-refractivity contribution in [3.05, 3.63) is 83.4 Å². The van der Waals surface area contributed by atoms with Crippen LogP contribution < -0.4 is 4.74 Å². The highest BCUT2D eigenvalue weighted by Crippen LogP contribution is 2.62. The maximum atomic E-state index is 14.4. The van der Waals surface area contributed by atoms with Crippen LogP contribution in [0.15, 0.2) is 66.8 Å². The highest BCUT2D eigenvalue weighted by molar-refractivity contribution is 5.97. The fraction of sp³-hybridized carbons (Fsp3) is 0.438. The molecule has 0 saturated heterocycles. The van der Waals surface area contributed by atoms with E-state index in [2.05, 4.69) is 6.58 Å². The topological polar surface area (TPSA) is 52.6 Å². The SMILES string of the molecule is C=C(C)C(=O)OCCCCCCOc1ccc(/C=C/CC(=O)c2ccc(C(F)(F)C(F)(F)C(F)(F)C(F)(F)C(F)(F)C(F)(F)F)cc2)cc1. The molecule has 0 saturated carbocycles. The van der Waals surface area contributed by atoms with Crippen LogP contribution in [0.5, 0.6) is 5.75 Å². The molecule has 0 bridgehead atoms. The summed E-state index contributed by atoms with van der Waals surface area (Å²) < 4.78 is 185. The van der Waals surface area contributed by atoms with Gasteiger partial charge in [-0.05, 0) is 50.3 Å². The number of hydrogen-bond acceptors (Lipinski definition) is 4. The Bertz CT molecular complexity index is 1460. The minimum Gasteiger partial charge on any atom is -0.494 e. The molecule has 0 aliphatic carbocycles. The Balaban J connectivity index is 1.95. The van der Waals surface area contributed by atoms with Crippen molar-refractivity contribution in [2.24, 2.45) is 0 Å². The monoisotopic (exact) mass is 724 g/mol. The standard InChI is InChI=1S/C32H29F13O4/c1-20(2)26(47)49-19-6-4-3-5-18-48-24-16-10-21(11-17-24)8-7-9-25(46)22-12-14-23(15-13-22)27(33,34)28(35,36)29(37,38)30(39,40)31(41,42)32(43,44)45/h7-8,10-17H,1,3-6,9,18-19H2,2H3/b8-7+. The van der Waals surface area contributed by atoms with Crippen LogP contribution in [0.1, 0.15) is 60.5 Å². The Hall–Kier alpha value is -4.05. The molecule has 0 unspecified atom stereocenters. The molecule has 0 amide bonds. The highest BCUT2D eigenvalue weighted by Gasteiger charge is 2.90. The quantitative estimate of drug-likeness (QED) is 0.0505. The van der Waals surface area contributed by atoms with Crippen molar-refractivity contribution in [1.29, 1.82) is 0 Å². The number of hydrogen-bond donors (Lipinski definition) is 0. The lowest BCUT2D eigenvalue weighted by atomic mass is 9.90. The normalized spacial score (nSPS) is 13.4. The van der Waals surface area contributed by atoms with Crippen LogP contribution in [-0.4, -0.2) is 54.8 Å². The van der Waals surface area contributed by atoms with E-state index in [-0.39, 0.29) is 12.1 Å². The van der Waals surface area contributed by atoms with Gasteiger partial charge in [-0.3, -0.25) is 4.79 Å². The molecule has 2 aromatic rings. The molecule has 0 spiro atoms. The number of Topliss-reactive ketones (excluding diaryl/α,β-unsaturated/α-hetero) is 1. The van der Waals surface area contributed by atoms with Crippen molar-refractivity contribution < 1.29 is 76.1 Å². The Morgan fingerprint density at radius 1 is 0.673 bits per heavy atom. The van der Waals surface area contributed by atoms with Gasteiger partial charge in [-0.15, -0.1) is 0 Å².